The van der Waals surface area contributed by atoms with Crippen LogP contribution in [0, 0.1) is 46.3 Å². The molecule has 0 aromatic heterocycles. The average molecular weight is 449 g/mol. The van der Waals surface area contributed by atoms with E-state index in [4.69, 9.17) is 9.47 Å². The molecule has 4 rings (SSSR count). The molecule has 182 valence electrons. The van der Waals surface area contributed by atoms with E-state index in [2.05, 4.69) is 20.8 Å². The lowest BCUT2D eigenvalue weighted by Gasteiger charge is -2.62. The third kappa shape index (κ3) is 3.91. The molecule has 0 heterocycles. The lowest BCUT2D eigenvalue weighted by molar-refractivity contribution is -0.181. The van der Waals surface area contributed by atoms with Crippen LogP contribution in [0.2, 0.25) is 0 Å². The first-order valence-corrected chi connectivity index (χ1v) is 13.0. The summed E-state index contributed by atoms with van der Waals surface area (Å²) in [5.41, 5.74) is 0.200. The van der Waals surface area contributed by atoms with Gasteiger partial charge in [-0.15, -0.1) is 0 Å². The molecule has 10 atom stereocenters. The van der Waals surface area contributed by atoms with Gasteiger partial charge in [0.15, 0.2) is 0 Å². The number of fused-ring (bicyclic) bond motifs is 5. The number of ether oxygens (including phenoxy) is 2. The maximum Gasteiger partial charge on any atom is 0.305 e. The van der Waals surface area contributed by atoms with Gasteiger partial charge in [-0.1, -0.05) is 20.8 Å². The van der Waals surface area contributed by atoms with Gasteiger partial charge in [0.05, 0.1) is 13.2 Å². The van der Waals surface area contributed by atoms with E-state index >= 15 is 0 Å². The minimum Gasteiger partial charge on any atom is -0.469 e. The van der Waals surface area contributed by atoms with Crippen LogP contribution in [0.15, 0.2) is 0 Å². The molecule has 4 aliphatic rings. The number of carbonyl (C=O) groups is 2. The number of hydrogen-bond acceptors (Lipinski definition) is 5. The predicted molar refractivity (Wildman–Crippen MR) is 123 cm³/mol. The second-order valence-electron chi connectivity index (χ2n) is 12.1. The zero-order valence-electron chi connectivity index (χ0n) is 20.8. The molecule has 0 saturated heterocycles. The molecule has 32 heavy (non-hydrogen) atoms. The van der Waals surface area contributed by atoms with E-state index in [0.29, 0.717) is 41.9 Å². The third-order valence-corrected chi connectivity index (χ3v) is 10.8. The van der Waals surface area contributed by atoms with E-state index in [1.807, 2.05) is 0 Å². The monoisotopic (exact) mass is 448 g/mol. The lowest BCUT2D eigenvalue weighted by atomic mass is 9.43. The minimum absolute atomic E-state index is 0.0468. The molecule has 1 N–H and O–H groups in total. The molecule has 5 heteroatoms. The number of esters is 2. The van der Waals surface area contributed by atoms with Crippen molar-refractivity contribution in [2.24, 2.45) is 46.3 Å². The van der Waals surface area contributed by atoms with Crippen molar-refractivity contribution < 1.29 is 24.2 Å². The van der Waals surface area contributed by atoms with Gasteiger partial charge in [-0.25, -0.2) is 0 Å². The Kier molecular flexibility index (Phi) is 6.70. The highest BCUT2D eigenvalue weighted by atomic mass is 16.5. The van der Waals surface area contributed by atoms with Crippen molar-refractivity contribution in [3.8, 4) is 0 Å². The third-order valence-electron chi connectivity index (χ3n) is 10.8. The molecule has 0 aromatic carbocycles. The van der Waals surface area contributed by atoms with Gasteiger partial charge in [-0.05, 0) is 104 Å². The van der Waals surface area contributed by atoms with Gasteiger partial charge in [0.2, 0.25) is 0 Å². The Labute approximate surface area is 194 Å². The van der Waals surface area contributed by atoms with Crippen LogP contribution < -0.4 is 0 Å². The molecule has 4 aliphatic carbocycles. The van der Waals surface area contributed by atoms with Gasteiger partial charge in [0.25, 0.3) is 0 Å². The van der Waals surface area contributed by atoms with Crippen molar-refractivity contribution >= 4 is 11.9 Å². The highest BCUT2D eigenvalue weighted by molar-refractivity contribution is 5.69. The molecule has 0 radical (unpaired) electrons. The van der Waals surface area contributed by atoms with Gasteiger partial charge in [0.1, 0.15) is 6.10 Å². The van der Waals surface area contributed by atoms with Crippen molar-refractivity contribution in [2.75, 3.05) is 7.11 Å². The molecule has 0 spiro atoms. The van der Waals surface area contributed by atoms with E-state index in [1.165, 1.54) is 39.7 Å². The molecular weight excluding hydrogens is 404 g/mol. The van der Waals surface area contributed by atoms with Crippen LogP contribution in [-0.4, -0.2) is 36.4 Å². The van der Waals surface area contributed by atoms with Crippen molar-refractivity contribution in [1.29, 1.82) is 0 Å². The van der Waals surface area contributed by atoms with Crippen LogP contribution in [0.1, 0.15) is 91.9 Å². The van der Waals surface area contributed by atoms with Crippen molar-refractivity contribution in [2.45, 2.75) is 104 Å². The summed E-state index contributed by atoms with van der Waals surface area (Å²) < 4.78 is 10.5. The van der Waals surface area contributed by atoms with Crippen molar-refractivity contribution in [3.63, 3.8) is 0 Å². The summed E-state index contributed by atoms with van der Waals surface area (Å²) in [6.07, 6.45) is 9.92. The first-order chi connectivity index (χ1) is 15.1. The van der Waals surface area contributed by atoms with Crippen LogP contribution in [-0.2, 0) is 19.1 Å². The van der Waals surface area contributed by atoms with Gasteiger partial charge in [0, 0.05) is 13.3 Å². The second-order valence-corrected chi connectivity index (χ2v) is 12.1. The Bertz CT molecular complexity index is 721. The zero-order valence-corrected chi connectivity index (χ0v) is 20.8. The summed E-state index contributed by atoms with van der Waals surface area (Å²) in [4.78, 5) is 23.2. The molecule has 0 amide bonds. The molecule has 4 fully saturated rings. The Balaban J connectivity index is 1.50. The number of hydrogen-bond donors (Lipinski definition) is 1. The van der Waals surface area contributed by atoms with Crippen LogP contribution in [0.4, 0.5) is 0 Å². The summed E-state index contributed by atoms with van der Waals surface area (Å²) >= 11 is 0. The first kappa shape index (κ1) is 24.0. The molecule has 0 aromatic rings. The van der Waals surface area contributed by atoms with Crippen LogP contribution >= 0.6 is 0 Å². The van der Waals surface area contributed by atoms with Gasteiger partial charge >= 0.3 is 11.9 Å². The normalized spacial score (nSPS) is 46.4. The maximum absolute atomic E-state index is 11.7. The fourth-order valence-electron chi connectivity index (χ4n) is 9.13. The number of carbonyl (C=O) groups excluding carboxylic acids is 2. The van der Waals surface area contributed by atoms with Gasteiger partial charge < -0.3 is 14.6 Å². The van der Waals surface area contributed by atoms with Gasteiger partial charge in [-0.3, -0.25) is 9.59 Å². The number of aliphatic hydroxyl groups is 1. The summed E-state index contributed by atoms with van der Waals surface area (Å²) in [7, 11) is 1.46. The van der Waals surface area contributed by atoms with Crippen LogP contribution in [0.3, 0.4) is 0 Å². The lowest BCUT2D eigenvalue weighted by Crippen LogP contribution is -2.59. The second kappa shape index (κ2) is 8.92. The molecular formula is C27H44O5. The van der Waals surface area contributed by atoms with Gasteiger partial charge in [-0.2, -0.15) is 0 Å². The topological polar surface area (TPSA) is 72.8 Å². The van der Waals surface area contributed by atoms with E-state index in [-0.39, 0.29) is 35.0 Å². The quantitative estimate of drug-likeness (QED) is 0.590. The molecule has 0 aliphatic heterocycles. The molecule has 5 nitrogen and oxygen atoms in total. The zero-order chi connectivity index (χ0) is 23.3. The standard InChI is InChI=1S/C27H44O5/c1-16(6-11-25(30)31-5)21-9-10-22-20-8-7-18-14-19(32-17(2)28)12-13-26(18,3)23(20)15-24(29)27(21,22)4/h16,18-24,29H,6-15H2,1-5H3/t16?,18?,19-,20?,21?,22?,23?,24?,26?,27?/m1/s1. The van der Waals surface area contributed by atoms with E-state index in [0.717, 1.165) is 32.1 Å². The largest absolute Gasteiger partial charge is 0.469 e. The van der Waals surface area contributed by atoms with Crippen molar-refractivity contribution in [3.05, 3.63) is 0 Å². The average Bonchev–Trinajstić information content (AvgIpc) is 3.11. The summed E-state index contributed by atoms with van der Waals surface area (Å²) in [6, 6.07) is 0. The Morgan fingerprint density at radius 3 is 2.50 bits per heavy atom. The maximum atomic E-state index is 11.7. The van der Waals surface area contributed by atoms with Crippen LogP contribution in [0.5, 0.6) is 0 Å². The first-order valence-electron chi connectivity index (χ1n) is 13.0. The fraction of sp³-hybridized carbons (Fsp3) is 0.926. The predicted octanol–water partition coefficient (Wildman–Crippen LogP) is 5.14. The van der Waals surface area contributed by atoms with Crippen molar-refractivity contribution in [1.82, 2.24) is 0 Å². The van der Waals surface area contributed by atoms with E-state index in [9.17, 15) is 14.7 Å². The number of rotatable bonds is 5. The Morgan fingerprint density at radius 2 is 1.81 bits per heavy atom. The fourth-order valence-corrected chi connectivity index (χ4v) is 9.13. The van der Waals surface area contributed by atoms with Crippen LogP contribution in [0.25, 0.3) is 0 Å². The molecule has 4 saturated carbocycles. The van der Waals surface area contributed by atoms with E-state index < -0.39 is 0 Å². The van der Waals surface area contributed by atoms with E-state index in [1.54, 1.807) is 0 Å². The SMILES string of the molecule is COC(=O)CCC(C)C1CCC2C3CCC4C[C@H](OC(C)=O)CCC4(C)C3CC(O)C12C. The molecule has 9 unspecified atom stereocenters. The highest BCUT2D eigenvalue weighted by Gasteiger charge is 2.63. The summed E-state index contributed by atoms with van der Waals surface area (Å²) in [5, 5.41) is 11.6. The number of methoxy groups -OCH3 is 1. The molecule has 0 bridgehead atoms. The highest BCUT2D eigenvalue weighted by Crippen LogP contribution is 2.68. The Morgan fingerprint density at radius 1 is 1.06 bits per heavy atom. The Hall–Kier alpha value is -1.10. The smallest absolute Gasteiger partial charge is 0.305 e. The summed E-state index contributed by atoms with van der Waals surface area (Å²) in [5.74, 6) is 3.02. The minimum atomic E-state index is -0.274. The summed E-state index contributed by atoms with van der Waals surface area (Å²) in [6.45, 7) is 8.62. The number of aliphatic hydroxyl groups excluding tert-OH is 1.